The molecule has 0 aliphatic heterocycles. The molecule has 0 saturated carbocycles. The third kappa shape index (κ3) is 4.56. The Bertz CT molecular complexity index is 828. The molecule has 3 rings (SSSR count). The lowest BCUT2D eigenvalue weighted by molar-refractivity contribution is -0.113. The molecule has 2 aromatic heterocycles. The van der Waals surface area contributed by atoms with Gasteiger partial charge in [0, 0.05) is 20.3 Å². The number of thiazole rings is 1. The van der Waals surface area contributed by atoms with E-state index in [2.05, 4.69) is 20.5 Å². The van der Waals surface area contributed by atoms with Crippen molar-refractivity contribution in [1.82, 2.24) is 19.7 Å². The van der Waals surface area contributed by atoms with Gasteiger partial charge in [0.15, 0.2) is 10.3 Å². The summed E-state index contributed by atoms with van der Waals surface area (Å²) in [6, 6.07) is 7.81. The number of carbonyl (C=O) groups is 1. The second-order valence-corrected chi connectivity index (χ2v) is 7.32. The molecule has 3 aromatic rings. The zero-order valence-corrected chi connectivity index (χ0v) is 15.7. The highest BCUT2D eigenvalue weighted by molar-refractivity contribution is 7.99. The van der Waals surface area contributed by atoms with Crippen LogP contribution in [0.4, 0.5) is 5.13 Å². The first kappa shape index (κ1) is 17.8. The Hall–Kier alpha value is -1.97. The van der Waals surface area contributed by atoms with E-state index in [1.807, 2.05) is 35.8 Å². The van der Waals surface area contributed by atoms with Crippen LogP contribution >= 0.6 is 23.1 Å². The second-order valence-electron chi connectivity index (χ2n) is 5.35. The molecular weight excluding hydrogens is 358 g/mol. The van der Waals surface area contributed by atoms with Crippen molar-refractivity contribution in [1.29, 1.82) is 0 Å². The molecule has 0 aliphatic carbocycles. The van der Waals surface area contributed by atoms with Crippen molar-refractivity contribution in [3.63, 3.8) is 0 Å². The summed E-state index contributed by atoms with van der Waals surface area (Å²) in [5.74, 6) is 0.997. The predicted octanol–water partition coefficient (Wildman–Crippen LogP) is 2.96. The van der Waals surface area contributed by atoms with Gasteiger partial charge in [-0.25, -0.2) is 4.98 Å². The topological polar surface area (TPSA) is 81.9 Å². The van der Waals surface area contributed by atoms with E-state index in [1.165, 1.54) is 23.1 Å². The SMILES string of the molecule is COCCCn1c(C)nnc1SCC(=O)Nc1nc2ccccc2s1. The molecule has 25 heavy (non-hydrogen) atoms. The molecule has 0 fully saturated rings. The number of hydrogen-bond donors (Lipinski definition) is 1. The van der Waals surface area contributed by atoms with Crippen molar-refractivity contribution in [2.75, 3.05) is 24.8 Å². The molecular formula is C16H19N5O2S2. The van der Waals surface area contributed by atoms with Gasteiger partial charge in [-0.1, -0.05) is 35.2 Å². The molecule has 1 N–H and O–H groups in total. The molecule has 2 heterocycles. The van der Waals surface area contributed by atoms with Crippen molar-refractivity contribution in [3.8, 4) is 0 Å². The van der Waals surface area contributed by atoms with Crippen LogP contribution in [0, 0.1) is 6.92 Å². The van der Waals surface area contributed by atoms with Gasteiger partial charge in [0.2, 0.25) is 5.91 Å². The molecule has 1 aromatic carbocycles. The number of benzene rings is 1. The molecule has 132 valence electrons. The molecule has 0 bridgehead atoms. The molecule has 0 aliphatic rings. The lowest BCUT2D eigenvalue weighted by Gasteiger charge is -2.07. The maximum atomic E-state index is 12.2. The van der Waals surface area contributed by atoms with Crippen molar-refractivity contribution in [2.24, 2.45) is 0 Å². The maximum absolute atomic E-state index is 12.2. The number of thioether (sulfide) groups is 1. The number of methoxy groups -OCH3 is 1. The number of rotatable bonds is 8. The van der Waals surface area contributed by atoms with Crippen molar-refractivity contribution in [2.45, 2.75) is 25.0 Å². The number of nitrogens with zero attached hydrogens (tertiary/aromatic N) is 4. The summed E-state index contributed by atoms with van der Waals surface area (Å²) < 4.78 is 8.14. The number of para-hydroxylation sites is 1. The first-order valence-electron chi connectivity index (χ1n) is 7.84. The monoisotopic (exact) mass is 377 g/mol. The quantitative estimate of drug-likeness (QED) is 0.480. The number of hydrogen-bond acceptors (Lipinski definition) is 7. The summed E-state index contributed by atoms with van der Waals surface area (Å²) in [4.78, 5) is 16.6. The zero-order chi connectivity index (χ0) is 17.6. The van der Waals surface area contributed by atoms with Crippen molar-refractivity contribution in [3.05, 3.63) is 30.1 Å². The predicted molar refractivity (Wildman–Crippen MR) is 100 cm³/mol. The lowest BCUT2D eigenvalue weighted by Crippen LogP contribution is -2.14. The Labute approximate surface area is 153 Å². The van der Waals surface area contributed by atoms with E-state index < -0.39 is 0 Å². The minimum Gasteiger partial charge on any atom is -0.385 e. The zero-order valence-electron chi connectivity index (χ0n) is 14.1. The fourth-order valence-corrected chi connectivity index (χ4v) is 4.00. The Kier molecular flexibility index (Phi) is 6.00. The second kappa shape index (κ2) is 8.41. The smallest absolute Gasteiger partial charge is 0.236 e. The van der Waals surface area contributed by atoms with Gasteiger partial charge in [-0.3, -0.25) is 4.79 Å². The minimum absolute atomic E-state index is 0.104. The molecule has 0 spiro atoms. The highest BCUT2D eigenvalue weighted by Gasteiger charge is 2.13. The van der Waals surface area contributed by atoms with Gasteiger partial charge in [0.05, 0.1) is 16.0 Å². The van der Waals surface area contributed by atoms with Crippen LogP contribution in [0.3, 0.4) is 0 Å². The van der Waals surface area contributed by atoms with Crippen molar-refractivity contribution < 1.29 is 9.53 Å². The maximum Gasteiger partial charge on any atom is 0.236 e. The molecule has 0 atom stereocenters. The summed E-state index contributed by atoms with van der Waals surface area (Å²) in [5, 5.41) is 12.5. The van der Waals surface area contributed by atoms with E-state index in [4.69, 9.17) is 4.74 Å². The summed E-state index contributed by atoms with van der Waals surface area (Å²) in [7, 11) is 1.68. The Balaban J connectivity index is 1.57. The Morgan fingerprint density at radius 3 is 3.00 bits per heavy atom. The third-order valence-electron chi connectivity index (χ3n) is 3.50. The van der Waals surface area contributed by atoms with Crippen LogP contribution in [0.2, 0.25) is 0 Å². The molecule has 7 nitrogen and oxygen atoms in total. The van der Waals surface area contributed by atoms with E-state index in [1.54, 1.807) is 7.11 Å². The first-order chi connectivity index (χ1) is 12.2. The fraction of sp³-hybridized carbons (Fsp3) is 0.375. The molecule has 0 saturated heterocycles. The summed E-state index contributed by atoms with van der Waals surface area (Å²) >= 11 is 2.84. The normalized spacial score (nSPS) is 11.1. The molecule has 9 heteroatoms. The van der Waals surface area contributed by atoms with Crippen LogP contribution in [0.15, 0.2) is 29.4 Å². The van der Waals surface area contributed by atoms with Gasteiger partial charge in [0.25, 0.3) is 0 Å². The number of aryl methyl sites for hydroxylation is 1. The van der Waals surface area contributed by atoms with E-state index in [0.717, 1.165) is 34.2 Å². The average molecular weight is 377 g/mol. The van der Waals surface area contributed by atoms with Gasteiger partial charge in [0.1, 0.15) is 5.82 Å². The van der Waals surface area contributed by atoms with Gasteiger partial charge in [-0.05, 0) is 25.5 Å². The summed E-state index contributed by atoms with van der Waals surface area (Å²) in [5.41, 5.74) is 0.893. The van der Waals surface area contributed by atoms with Crippen LogP contribution < -0.4 is 5.32 Å². The molecule has 0 unspecified atom stereocenters. The number of ether oxygens (including phenoxy) is 1. The van der Waals surface area contributed by atoms with E-state index in [9.17, 15) is 4.79 Å². The number of anilines is 1. The van der Waals surface area contributed by atoms with E-state index >= 15 is 0 Å². The van der Waals surface area contributed by atoms with Crippen LogP contribution in [0.25, 0.3) is 10.2 Å². The van der Waals surface area contributed by atoms with E-state index in [0.29, 0.717) is 11.7 Å². The third-order valence-corrected chi connectivity index (χ3v) is 5.42. The largest absolute Gasteiger partial charge is 0.385 e. The van der Waals surface area contributed by atoms with Gasteiger partial charge >= 0.3 is 0 Å². The summed E-state index contributed by atoms with van der Waals surface area (Å²) in [6.07, 6.45) is 0.876. The van der Waals surface area contributed by atoms with Gasteiger partial charge in [-0.2, -0.15) is 0 Å². The highest BCUT2D eigenvalue weighted by atomic mass is 32.2. The highest BCUT2D eigenvalue weighted by Crippen LogP contribution is 2.25. The lowest BCUT2D eigenvalue weighted by atomic mass is 10.3. The Morgan fingerprint density at radius 1 is 1.36 bits per heavy atom. The van der Waals surface area contributed by atoms with Crippen LogP contribution in [0.5, 0.6) is 0 Å². The first-order valence-corrected chi connectivity index (χ1v) is 9.64. The molecule has 1 amide bonds. The molecule has 0 radical (unpaired) electrons. The van der Waals surface area contributed by atoms with Gasteiger partial charge < -0.3 is 14.6 Å². The summed E-state index contributed by atoms with van der Waals surface area (Å²) in [6.45, 7) is 3.36. The van der Waals surface area contributed by atoms with Crippen LogP contribution in [0.1, 0.15) is 12.2 Å². The van der Waals surface area contributed by atoms with E-state index in [-0.39, 0.29) is 11.7 Å². The van der Waals surface area contributed by atoms with Gasteiger partial charge in [-0.15, -0.1) is 10.2 Å². The van der Waals surface area contributed by atoms with Crippen LogP contribution in [-0.4, -0.2) is 45.1 Å². The van der Waals surface area contributed by atoms with Crippen LogP contribution in [-0.2, 0) is 16.1 Å². The minimum atomic E-state index is -0.104. The Morgan fingerprint density at radius 2 is 2.20 bits per heavy atom. The number of nitrogens with one attached hydrogen (secondary N) is 1. The number of aromatic nitrogens is 4. The average Bonchev–Trinajstić information content (AvgIpc) is 3.16. The number of carbonyl (C=O) groups excluding carboxylic acids is 1. The number of amides is 1. The number of fused-ring (bicyclic) bond motifs is 1. The fourth-order valence-electron chi connectivity index (χ4n) is 2.30. The standard InChI is InChI=1S/C16H19N5O2S2/c1-11-19-20-16(21(11)8-5-9-23-2)24-10-14(22)18-15-17-12-6-3-4-7-13(12)25-15/h3-4,6-7H,5,8-10H2,1-2H3,(H,17,18,22). The van der Waals surface area contributed by atoms with Crippen molar-refractivity contribution >= 4 is 44.4 Å².